The zero-order valence-electron chi connectivity index (χ0n) is 20.9. The van der Waals surface area contributed by atoms with Crippen LogP contribution in [0.2, 0.25) is 0 Å². The van der Waals surface area contributed by atoms with Crippen LogP contribution in [0.5, 0.6) is 0 Å². The average Bonchev–Trinajstić information content (AvgIpc) is 3.24. The fourth-order valence-corrected chi connectivity index (χ4v) is 6.22. The predicted molar refractivity (Wildman–Crippen MR) is 147 cm³/mol. The number of fused-ring (bicyclic) bond motifs is 3. The van der Waals surface area contributed by atoms with Crippen LogP contribution in [0.3, 0.4) is 0 Å². The molecule has 0 aliphatic heterocycles. The summed E-state index contributed by atoms with van der Waals surface area (Å²) >= 11 is 0. The molecule has 184 valence electrons. The second-order valence-electron chi connectivity index (χ2n) is 9.76. The Balaban J connectivity index is 1.84. The van der Waals surface area contributed by atoms with Crippen molar-refractivity contribution in [2.24, 2.45) is 5.92 Å². The van der Waals surface area contributed by atoms with Gasteiger partial charge in [-0.05, 0) is 45.7 Å². The molecule has 0 bridgehead atoms. The van der Waals surface area contributed by atoms with E-state index in [2.05, 4.69) is 115 Å². The van der Waals surface area contributed by atoms with E-state index in [0.717, 1.165) is 12.8 Å². The first kappa shape index (κ1) is 24.5. The number of hydrogen-bond donors (Lipinski definition) is 2. The lowest BCUT2D eigenvalue weighted by atomic mass is 9.76. The maximum Gasteiger partial charge on any atom is 0.0991 e. The molecule has 2 N–H and O–H groups in total. The van der Waals surface area contributed by atoms with Gasteiger partial charge in [0.25, 0.3) is 0 Å². The van der Waals surface area contributed by atoms with Crippen molar-refractivity contribution in [2.75, 3.05) is 13.2 Å². The Labute approximate surface area is 214 Å². The third-order valence-electron chi connectivity index (χ3n) is 7.77. The number of nitrogens with zero attached hydrogens (tertiary/aromatic N) is 1. The first-order chi connectivity index (χ1) is 17.7. The van der Waals surface area contributed by atoms with E-state index >= 15 is 0 Å². The van der Waals surface area contributed by atoms with E-state index in [9.17, 15) is 10.2 Å². The molecule has 3 nitrogen and oxygen atoms in total. The summed E-state index contributed by atoms with van der Waals surface area (Å²) in [7, 11) is 0. The second-order valence-corrected chi connectivity index (χ2v) is 9.76. The van der Waals surface area contributed by atoms with Crippen molar-refractivity contribution >= 4 is 0 Å². The van der Waals surface area contributed by atoms with Gasteiger partial charge < -0.3 is 10.2 Å². The zero-order chi connectivity index (χ0) is 25.0. The molecule has 5 rings (SSSR count). The van der Waals surface area contributed by atoms with Crippen molar-refractivity contribution in [3.05, 3.63) is 131 Å². The van der Waals surface area contributed by atoms with Gasteiger partial charge in [0.1, 0.15) is 0 Å². The van der Waals surface area contributed by atoms with Crippen LogP contribution < -0.4 is 0 Å². The van der Waals surface area contributed by atoms with E-state index in [1.807, 2.05) is 6.07 Å². The Bertz CT molecular complexity index is 1230. The van der Waals surface area contributed by atoms with Crippen molar-refractivity contribution in [1.82, 2.24) is 4.90 Å². The Hall–Kier alpha value is -3.24. The standard InChI is InChI=1S/C33H35NO2/c1-2-13-26(23-35)32(24-36)34(22-25-14-5-3-6-15-25)33(27-16-7-4-8-17-27)30-20-11-9-18-28(30)29-19-10-12-21-31(29)33/h3-12,14-21,26,32,35-36H,2,13,22-24H2,1H3/t26-,32-/m1/s1. The lowest BCUT2D eigenvalue weighted by molar-refractivity contribution is -0.000718. The highest BCUT2D eigenvalue weighted by Gasteiger charge is 2.51. The predicted octanol–water partition coefficient (Wildman–Crippen LogP) is 6.23. The van der Waals surface area contributed by atoms with Gasteiger partial charge in [0, 0.05) is 19.2 Å². The van der Waals surface area contributed by atoms with Gasteiger partial charge in [-0.2, -0.15) is 0 Å². The molecule has 4 aromatic carbocycles. The van der Waals surface area contributed by atoms with Gasteiger partial charge in [-0.15, -0.1) is 0 Å². The molecule has 0 heterocycles. The smallest absolute Gasteiger partial charge is 0.0991 e. The molecule has 0 aromatic heterocycles. The highest BCUT2D eigenvalue weighted by Crippen LogP contribution is 2.55. The van der Waals surface area contributed by atoms with E-state index < -0.39 is 5.54 Å². The molecule has 0 amide bonds. The monoisotopic (exact) mass is 477 g/mol. The summed E-state index contributed by atoms with van der Waals surface area (Å²) in [5, 5.41) is 21.5. The number of aliphatic hydroxyl groups excluding tert-OH is 2. The molecule has 0 radical (unpaired) electrons. The lowest BCUT2D eigenvalue weighted by Crippen LogP contribution is -2.55. The molecule has 4 aromatic rings. The SMILES string of the molecule is CCC[C@H](CO)[C@@H](CO)N(Cc1ccccc1)C1(c2ccccc2)c2ccccc2-c2ccccc21. The fraction of sp³-hybridized carbons (Fsp3) is 0.273. The van der Waals surface area contributed by atoms with Crippen LogP contribution in [-0.2, 0) is 12.1 Å². The topological polar surface area (TPSA) is 43.7 Å². The Morgan fingerprint density at radius 2 is 1.19 bits per heavy atom. The lowest BCUT2D eigenvalue weighted by Gasteiger charge is -2.49. The summed E-state index contributed by atoms with van der Waals surface area (Å²) in [4.78, 5) is 2.47. The molecule has 2 atom stereocenters. The van der Waals surface area contributed by atoms with Gasteiger partial charge in [0.05, 0.1) is 12.1 Å². The minimum absolute atomic E-state index is 0.0308. The first-order valence-corrected chi connectivity index (χ1v) is 13.0. The minimum Gasteiger partial charge on any atom is -0.396 e. The summed E-state index contributed by atoms with van der Waals surface area (Å²) in [6, 6.07) is 38.3. The average molecular weight is 478 g/mol. The van der Waals surface area contributed by atoms with Crippen molar-refractivity contribution in [1.29, 1.82) is 0 Å². The van der Waals surface area contributed by atoms with E-state index in [-0.39, 0.29) is 25.2 Å². The third-order valence-corrected chi connectivity index (χ3v) is 7.77. The highest BCUT2D eigenvalue weighted by molar-refractivity contribution is 5.83. The molecular weight excluding hydrogens is 442 g/mol. The Morgan fingerprint density at radius 3 is 1.72 bits per heavy atom. The van der Waals surface area contributed by atoms with E-state index in [0.29, 0.717) is 6.54 Å². The molecule has 36 heavy (non-hydrogen) atoms. The summed E-state index contributed by atoms with van der Waals surface area (Å²) in [5.74, 6) is -0.0516. The second kappa shape index (κ2) is 10.8. The van der Waals surface area contributed by atoms with Gasteiger partial charge in [0.2, 0.25) is 0 Å². The summed E-state index contributed by atoms with van der Waals surface area (Å²) < 4.78 is 0. The minimum atomic E-state index is -0.612. The van der Waals surface area contributed by atoms with Crippen LogP contribution in [0, 0.1) is 5.92 Å². The maximum absolute atomic E-state index is 11.0. The van der Waals surface area contributed by atoms with E-state index in [4.69, 9.17) is 0 Å². The zero-order valence-corrected chi connectivity index (χ0v) is 20.9. The van der Waals surface area contributed by atoms with E-state index in [1.165, 1.54) is 33.4 Å². The van der Waals surface area contributed by atoms with Gasteiger partial charge in [-0.3, -0.25) is 4.90 Å². The summed E-state index contributed by atoms with van der Waals surface area (Å²) in [5.41, 5.74) is 6.63. The van der Waals surface area contributed by atoms with Crippen LogP contribution >= 0.6 is 0 Å². The normalized spacial score (nSPS) is 15.3. The van der Waals surface area contributed by atoms with Crippen molar-refractivity contribution < 1.29 is 10.2 Å². The quantitative estimate of drug-likeness (QED) is 0.285. The summed E-state index contributed by atoms with van der Waals surface area (Å²) in [6.45, 7) is 2.80. The van der Waals surface area contributed by atoms with Crippen LogP contribution in [0.4, 0.5) is 0 Å². The van der Waals surface area contributed by atoms with Gasteiger partial charge >= 0.3 is 0 Å². The van der Waals surface area contributed by atoms with Gasteiger partial charge in [-0.1, -0.05) is 123 Å². The molecular formula is C33H35NO2. The highest BCUT2D eigenvalue weighted by atomic mass is 16.3. The third kappa shape index (κ3) is 4.08. The molecule has 0 unspecified atom stereocenters. The van der Waals surface area contributed by atoms with Crippen LogP contribution in [0.15, 0.2) is 109 Å². The number of benzene rings is 4. The fourth-order valence-electron chi connectivity index (χ4n) is 6.22. The maximum atomic E-state index is 11.0. The molecule has 3 heteroatoms. The number of aliphatic hydroxyl groups is 2. The van der Waals surface area contributed by atoms with Crippen molar-refractivity contribution in [3.8, 4) is 11.1 Å². The van der Waals surface area contributed by atoms with Crippen LogP contribution in [0.1, 0.15) is 42.0 Å². The Kier molecular flexibility index (Phi) is 7.33. The molecule has 0 saturated carbocycles. The van der Waals surface area contributed by atoms with Crippen molar-refractivity contribution in [3.63, 3.8) is 0 Å². The Morgan fingerprint density at radius 1 is 0.667 bits per heavy atom. The molecule has 1 aliphatic rings. The molecule has 0 spiro atoms. The largest absolute Gasteiger partial charge is 0.396 e. The van der Waals surface area contributed by atoms with Crippen LogP contribution in [0.25, 0.3) is 11.1 Å². The van der Waals surface area contributed by atoms with Crippen LogP contribution in [-0.4, -0.2) is 34.4 Å². The molecule has 0 fully saturated rings. The van der Waals surface area contributed by atoms with Gasteiger partial charge in [0.15, 0.2) is 0 Å². The van der Waals surface area contributed by atoms with E-state index in [1.54, 1.807) is 0 Å². The van der Waals surface area contributed by atoms with Crippen molar-refractivity contribution in [2.45, 2.75) is 37.9 Å². The molecule has 0 saturated heterocycles. The number of rotatable bonds is 10. The molecule has 1 aliphatic carbocycles. The number of hydrogen-bond acceptors (Lipinski definition) is 3. The van der Waals surface area contributed by atoms with Gasteiger partial charge in [-0.25, -0.2) is 0 Å². The summed E-state index contributed by atoms with van der Waals surface area (Å²) in [6.07, 6.45) is 1.80. The first-order valence-electron chi connectivity index (χ1n) is 13.0.